The molecule has 0 aliphatic carbocycles. The van der Waals surface area contributed by atoms with Crippen molar-refractivity contribution < 1.29 is 26.3 Å². The number of halogens is 6. The van der Waals surface area contributed by atoms with Crippen molar-refractivity contribution in [2.75, 3.05) is 0 Å². The van der Waals surface area contributed by atoms with Crippen molar-refractivity contribution in [3.63, 3.8) is 0 Å². The van der Waals surface area contributed by atoms with Crippen molar-refractivity contribution in [2.45, 2.75) is 12.4 Å². The van der Waals surface area contributed by atoms with E-state index in [2.05, 4.69) is 6.07 Å². The van der Waals surface area contributed by atoms with Crippen LogP contribution >= 0.6 is 0 Å². The van der Waals surface area contributed by atoms with Crippen molar-refractivity contribution in [1.82, 2.24) is 19.5 Å². The number of para-hydroxylation sites is 1. The number of fused-ring (bicyclic) bond motifs is 3. The van der Waals surface area contributed by atoms with Gasteiger partial charge in [0.1, 0.15) is 0 Å². The standard InChI is InChI=1S/C42H23F6N5/c43-41(44,45)29-17-20-30(34(23-29)42(46,47)48)28-16-19-32-31-13-7-8-14-35(31)53(37(32)22-28)36-21-25(24-49)15-18-33(36)40-51-38(26-9-3-1-4-10-26)50-39(52-40)27-11-5-2-6-12-27/h1-23H. The van der Waals surface area contributed by atoms with Crippen LogP contribution in [0.1, 0.15) is 16.7 Å². The molecule has 2 heterocycles. The lowest BCUT2D eigenvalue weighted by molar-refractivity contribution is -0.142. The lowest BCUT2D eigenvalue weighted by Crippen LogP contribution is -2.12. The number of benzene rings is 6. The molecule has 0 amide bonds. The zero-order valence-electron chi connectivity index (χ0n) is 27.3. The molecule has 2 aromatic heterocycles. The van der Waals surface area contributed by atoms with Crippen LogP contribution in [0, 0.1) is 11.3 Å². The average Bonchev–Trinajstić information content (AvgIpc) is 3.50. The number of nitrogens with zero attached hydrogens (tertiary/aromatic N) is 5. The topological polar surface area (TPSA) is 67.4 Å². The summed E-state index contributed by atoms with van der Waals surface area (Å²) in [5.74, 6) is 1.08. The van der Waals surface area contributed by atoms with Crippen LogP contribution in [-0.2, 0) is 12.4 Å². The summed E-state index contributed by atoms with van der Waals surface area (Å²) in [4.78, 5) is 14.5. The summed E-state index contributed by atoms with van der Waals surface area (Å²) >= 11 is 0. The maximum Gasteiger partial charge on any atom is 0.417 e. The SMILES string of the molecule is N#Cc1ccc(-c2nc(-c3ccccc3)nc(-c3ccccc3)n2)c(-n2c3ccccc3c3ccc(-c4ccc(C(F)(F)F)cc4C(F)(F)F)cc32)c1. The smallest absolute Gasteiger partial charge is 0.308 e. The number of hydrogen-bond donors (Lipinski definition) is 0. The highest BCUT2D eigenvalue weighted by Crippen LogP contribution is 2.43. The van der Waals surface area contributed by atoms with Gasteiger partial charge < -0.3 is 4.57 Å². The predicted octanol–water partition coefficient (Wildman–Crippen LogP) is 11.5. The maximum atomic E-state index is 14.3. The monoisotopic (exact) mass is 711 g/mol. The minimum atomic E-state index is -5.07. The first kappa shape index (κ1) is 33.3. The van der Waals surface area contributed by atoms with Gasteiger partial charge in [0.05, 0.1) is 39.5 Å². The molecule has 8 aromatic rings. The summed E-state index contributed by atoms with van der Waals surface area (Å²) in [5, 5.41) is 11.5. The van der Waals surface area contributed by atoms with Gasteiger partial charge >= 0.3 is 12.4 Å². The van der Waals surface area contributed by atoms with Gasteiger partial charge in [-0.3, -0.25) is 0 Å². The first-order chi connectivity index (χ1) is 25.5. The van der Waals surface area contributed by atoms with Gasteiger partial charge in [0.15, 0.2) is 17.5 Å². The van der Waals surface area contributed by atoms with Crippen LogP contribution in [0.3, 0.4) is 0 Å². The number of rotatable bonds is 5. The molecular weight excluding hydrogens is 688 g/mol. The average molecular weight is 712 g/mol. The molecule has 11 heteroatoms. The third-order valence-corrected chi connectivity index (χ3v) is 8.95. The van der Waals surface area contributed by atoms with E-state index in [1.165, 1.54) is 12.1 Å². The molecule has 0 saturated carbocycles. The van der Waals surface area contributed by atoms with E-state index < -0.39 is 29.0 Å². The second-order valence-corrected chi connectivity index (χ2v) is 12.2. The molecule has 8 rings (SSSR count). The second kappa shape index (κ2) is 12.8. The molecule has 0 saturated heterocycles. The molecule has 258 valence electrons. The zero-order chi connectivity index (χ0) is 36.9. The Morgan fingerprint density at radius 1 is 0.491 bits per heavy atom. The largest absolute Gasteiger partial charge is 0.417 e. The van der Waals surface area contributed by atoms with Crippen LogP contribution in [0.5, 0.6) is 0 Å². The van der Waals surface area contributed by atoms with Crippen LogP contribution in [0.2, 0.25) is 0 Å². The highest BCUT2D eigenvalue weighted by molar-refractivity contribution is 6.10. The second-order valence-electron chi connectivity index (χ2n) is 12.2. The van der Waals surface area contributed by atoms with E-state index in [-0.39, 0.29) is 17.5 Å². The minimum Gasteiger partial charge on any atom is -0.308 e. The Morgan fingerprint density at radius 3 is 1.70 bits per heavy atom. The number of alkyl halides is 6. The normalized spacial score (nSPS) is 11.9. The fourth-order valence-corrected chi connectivity index (χ4v) is 6.51. The van der Waals surface area contributed by atoms with Gasteiger partial charge in [-0.25, -0.2) is 15.0 Å². The molecule has 0 atom stereocenters. The lowest BCUT2D eigenvalue weighted by Gasteiger charge is -2.17. The third-order valence-electron chi connectivity index (χ3n) is 8.95. The Hall–Kier alpha value is -6.80. The Kier molecular flexibility index (Phi) is 8.03. The van der Waals surface area contributed by atoms with Crippen LogP contribution in [0.4, 0.5) is 26.3 Å². The van der Waals surface area contributed by atoms with E-state index in [4.69, 9.17) is 15.0 Å². The van der Waals surface area contributed by atoms with Crippen molar-refractivity contribution in [3.8, 4) is 57.0 Å². The summed E-state index contributed by atoms with van der Waals surface area (Å²) in [6.07, 6.45) is -10.0. The molecule has 0 aliphatic heterocycles. The van der Waals surface area contributed by atoms with E-state index >= 15 is 0 Å². The van der Waals surface area contributed by atoms with E-state index in [1.54, 1.807) is 24.3 Å². The Balaban J connectivity index is 1.42. The van der Waals surface area contributed by atoms with Crippen LogP contribution in [-0.4, -0.2) is 19.5 Å². The molecule has 5 nitrogen and oxygen atoms in total. The summed E-state index contributed by atoms with van der Waals surface area (Å²) in [6.45, 7) is 0. The van der Waals surface area contributed by atoms with Crippen molar-refractivity contribution in [3.05, 3.63) is 156 Å². The molecular formula is C42H23F6N5. The van der Waals surface area contributed by atoms with E-state index in [0.29, 0.717) is 50.9 Å². The molecule has 0 aliphatic rings. The van der Waals surface area contributed by atoms with Gasteiger partial charge in [-0.05, 0) is 53.6 Å². The summed E-state index contributed by atoms with van der Waals surface area (Å²) in [6, 6.07) is 39.5. The zero-order valence-corrected chi connectivity index (χ0v) is 27.3. The Labute approximate surface area is 298 Å². The van der Waals surface area contributed by atoms with Gasteiger partial charge in [0.25, 0.3) is 0 Å². The Morgan fingerprint density at radius 2 is 1.08 bits per heavy atom. The molecule has 6 aromatic carbocycles. The molecule has 0 unspecified atom stereocenters. The van der Waals surface area contributed by atoms with Gasteiger partial charge in [0.2, 0.25) is 0 Å². The van der Waals surface area contributed by atoms with Crippen molar-refractivity contribution in [1.29, 1.82) is 5.26 Å². The molecule has 0 bridgehead atoms. The molecule has 0 fully saturated rings. The van der Waals surface area contributed by atoms with E-state index in [1.807, 2.05) is 89.5 Å². The van der Waals surface area contributed by atoms with Gasteiger partial charge in [-0.1, -0.05) is 97.1 Å². The predicted molar refractivity (Wildman–Crippen MR) is 191 cm³/mol. The molecule has 0 radical (unpaired) electrons. The number of nitriles is 1. The van der Waals surface area contributed by atoms with E-state index in [9.17, 15) is 31.6 Å². The summed E-state index contributed by atoms with van der Waals surface area (Å²) < 4.78 is 85.4. The van der Waals surface area contributed by atoms with Crippen molar-refractivity contribution in [2.24, 2.45) is 0 Å². The lowest BCUT2D eigenvalue weighted by atomic mass is 9.96. The highest BCUT2D eigenvalue weighted by Gasteiger charge is 2.38. The minimum absolute atomic E-state index is 0.0542. The maximum absolute atomic E-state index is 14.3. The first-order valence-electron chi connectivity index (χ1n) is 16.2. The van der Waals surface area contributed by atoms with E-state index in [0.717, 1.165) is 22.6 Å². The number of aromatic nitrogens is 4. The molecule has 0 N–H and O–H groups in total. The van der Waals surface area contributed by atoms with Crippen LogP contribution in [0.15, 0.2) is 140 Å². The molecule has 53 heavy (non-hydrogen) atoms. The van der Waals surface area contributed by atoms with Crippen molar-refractivity contribution >= 4 is 21.8 Å². The fourth-order valence-electron chi connectivity index (χ4n) is 6.51. The number of hydrogen-bond acceptors (Lipinski definition) is 4. The third kappa shape index (κ3) is 6.14. The quantitative estimate of drug-likeness (QED) is 0.167. The van der Waals surface area contributed by atoms with Crippen LogP contribution < -0.4 is 0 Å². The van der Waals surface area contributed by atoms with Crippen LogP contribution in [0.25, 0.3) is 72.8 Å². The molecule has 0 spiro atoms. The summed E-state index contributed by atoms with van der Waals surface area (Å²) in [5.41, 5.74) is 0.689. The highest BCUT2D eigenvalue weighted by atomic mass is 19.4. The fraction of sp³-hybridized carbons (Fsp3) is 0.0476. The van der Waals surface area contributed by atoms with Gasteiger partial charge in [-0.2, -0.15) is 31.6 Å². The van der Waals surface area contributed by atoms with Gasteiger partial charge in [0, 0.05) is 27.5 Å². The summed E-state index contributed by atoms with van der Waals surface area (Å²) in [7, 11) is 0. The van der Waals surface area contributed by atoms with Gasteiger partial charge in [-0.15, -0.1) is 0 Å². The Bertz CT molecular complexity index is 2650. The first-order valence-corrected chi connectivity index (χ1v) is 16.2.